The third kappa shape index (κ3) is 7.28. The van der Waals surface area contributed by atoms with Crippen LogP contribution in [0.15, 0.2) is 79.9 Å². The van der Waals surface area contributed by atoms with Gasteiger partial charge in [-0.3, -0.25) is 19.2 Å². The number of rotatable bonds is 18. The molecule has 14 heteroatoms. The van der Waals surface area contributed by atoms with Crippen LogP contribution >= 0.6 is 15.9 Å². The molecule has 3 aliphatic rings. The Morgan fingerprint density at radius 1 is 1.12 bits per heavy atom. The summed E-state index contributed by atoms with van der Waals surface area (Å²) < 4.78 is 13.9. The highest BCUT2D eigenvalue weighted by atomic mass is 79.9. The number of nitrogens with one attached hydrogen (secondary N) is 1. The fraction of sp³-hybridized carbons (Fsp3) is 0.474. The maximum atomic E-state index is 14.9. The number of aliphatic hydroxyl groups is 1. The normalized spacial score (nSPS) is 25.2. The molecule has 3 aliphatic heterocycles. The first kappa shape index (κ1) is 37.4. The molecule has 2 aromatic carbocycles. The minimum absolute atomic E-state index is 0.0201. The van der Waals surface area contributed by atoms with Crippen molar-refractivity contribution in [3.05, 3.63) is 85.5 Å². The average molecular weight is 778 g/mol. The zero-order valence-electron chi connectivity index (χ0n) is 29.0. The largest absolute Gasteiger partial charge is 0.463 e. The zero-order valence-corrected chi connectivity index (χ0v) is 30.6. The lowest BCUT2D eigenvalue weighted by molar-refractivity contribution is -0.149. The number of carbonyl (C=O) groups is 4. The van der Waals surface area contributed by atoms with E-state index in [2.05, 4.69) is 44.7 Å². The van der Waals surface area contributed by atoms with E-state index in [4.69, 9.17) is 9.47 Å². The van der Waals surface area contributed by atoms with E-state index in [1.165, 1.54) is 0 Å². The van der Waals surface area contributed by atoms with Gasteiger partial charge in [-0.15, -0.1) is 18.3 Å². The highest BCUT2D eigenvalue weighted by Gasteiger charge is 2.76. The molecule has 2 N–H and O–H groups in total. The molecule has 3 aromatic rings. The number of hydrogen-bond donors (Lipinski definition) is 2. The van der Waals surface area contributed by atoms with Gasteiger partial charge < -0.3 is 29.7 Å². The molecule has 3 fully saturated rings. The summed E-state index contributed by atoms with van der Waals surface area (Å²) in [6, 6.07) is 14.9. The summed E-state index contributed by atoms with van der Waals surface area (Å²) in [5, 5.41) is 21.0. The zero-order chi connectivity index (χ0) is 36.8. The van der Waals surface area contributed by atoms with E-state index < -0.39 is 47.5 Å². The van der Waals surface area contributed by atoms with Crippen molar-refractivity contribution in [1.29, 1.82) is 0 Å². The number of para-hydroxylation sites is 1. The highest BCUT2D eigenvalue weighted by Crippen LogP contribution is 2.60. The summed E-state index contributed by atoms with van der Waals surface area (Å²) in [6.07, 6.45) is 5.33. The predicted molar refractivity (Wildman–Crippen MR) is 196 cm³/mol. The van der Waals surface area contributed by atoms with E-state index >= 15 is 0 Å². The fourth-order valence-corrected chi connectivity index (χ4v) is 8.84. The second-order valence-corrected chi connectivity index (χ2v) is 14.7. The van der Waals surface area contributed by atoms with Gasteiger partial charge in [-0.25, -0.2) is 4.68 Å². The summed E-state index contributed by atoms with van der Waals surface area (Å²) in [6.45, 7) is 7.95. The third-order valence-corrected chi connectivity index (χ3v) is 11.1. The molecule has 1 spiro atoms. The van der Waals surface area contributed by atoms with E-state index in [0.29, 0.717) is 37.6 Å². The summed E-state index contributed by atoms with van der Waals surface area (Å²) in [4.78, 5) is 59.2. The van der Waals surface area contributed by atoms with Crippen molar-refractivity contribution >= 4 is 50.7 Å². The van der Waals surface area contributed by atoms with E-state index in [1.807, 2.05) is 54.6 Å². The Morgan fingerprint density at radius 3 is 2.63 bits per heavy atom. The standard InChI is InChI=1S/C38H45BrN6O7/c1-3-5-18-30(47)51-23-28(25-14-8-6-9-15-25)40-35(48)31-32-36(49)44(20-12-7-13-21-46)34(38(32)22-26(39)33(31)52-38)37(50)43(19-4-2)24-45-29-17-11-10-16-27(29)41-42-45/h3-4,6,8-11,14-17,26,28,31-34,46H,1-2,5,7,12-13,18-24H2,(H,40,48)/t26?,28-,31+,32-,33+,34+,38-/m0/s1. The summed E-state index contributed by atoms with van der Waals surface area (Å²) in [5.74, 6) is -3.34. The van der Waals surface area contributed by atoms with Crippen LogP contribution in [-0.4, -0.2) is 102 Å². The molecular weight excluding hydrogens is 732 g/mol. The van der Waals surface area contributed by atoms with E-state index in [1.54, 1.807) is 26.6 Å². The lowest BCUT2D eigenvalue weighted by Gasteiger charge is -2.37. The predicted octanol–water partition coefficient (Wildman–Crippen LogP) is 3.68. The third-order valence-electron chi connectivity index (χ3n) is 10.3. The number of allylic oxidation sites excluding steroid dienone is 1. The molecule has 1 aromatic heterocycles. The SMILES string of the molecule is C=CCCC(=O)OC[C@H](NC(=O)[C@H]1[C@@H]2O[C@@]3(CC2Br)[C@@H]1C(=O)N(CCCCCO)[C@@H]3C(=O)N(CC=C)Cn1nnc2ccccc21)c1ccccc1. The van der Waals surface area contributed by atoms with Crippen LogP contribution in [0.1, 0.15) is 50.1 Å². The van der Waals surface area contributed by atoms with Crippen LogP contribution in [0.4, 0.5) is 0 Å². The van der Waals surface area contributed by atoms with Gasteiger partial charge in [-0.05, 0) is 49.8 Å². The lowest BCUT2D eigenvalue weighted by Crippen LogP contribution is -2.57. The number of unbranched alkanes of at least 4 members (excludes halogenated alkanes) is 2. The van der Waals surface area contributed by atoms with Crippen LogP contribution < -0.4 is 5.32 Å². The molecule has 1 unspecified atom stereocenters. The van der Waals surface area contributed by atoms with Gasteiger partial charge in [-0.2, -0.15) is 0 Å². The summed E-state index contributed by atoms with van der Waals surface area (Å²) in [5.41, 5.74) is 0.884. The van der Waals surface area contributed by atoms with Gasteiger partial charge in [0.2, 0.25) is 17.7 Å². The number of fused-ring (bicyclic) bond motifs is 2. The average Bonchev–Trinajstić information content (AvgIpc) is 3.87. The van der Waals surface area contributed by atoms with Crippen LogP contribution in [0.5, 0.6) is 0 Å². The Kier molecular flexibility index (Phi) is 11.9. The van der Waals surface area contributed by atoms with Crippen molar-refractivity contribution in [3.63, 3.8) is 0 Å². The van der Waals surface area contributed by atoms with Crippen LogP contribution in [-0.2, 0) is 35.3 Å². The number of amides is 3. The van der Waals surface area contributed by atoms with Gasteiger partial charge in [0.05, 0.1) is 29.5 Å². The maximum Gasteiger partial charge on any atom is 0.306 e. The first-order chi connectivity index (χ1) is 25.2. The van der Waals surface area contributed by atoms with E-state index in [9.17, 15) is 24.3 Å². The minimum atomic E-state index is -1.28. The van der Waals surface area contributed by atoms with Crippen LogP contribution in [0.2, 0.25) is 0 Å². The number of hydrogen-bond acceptors (Lipinski definition) is 9. The molecule has 2 bridgehead atoms. The number of likely N-dealkylation sites (tertiary alicyclic amines) is 1. The molecular formula is C38H45BrN6O7. The Morgan fingerprint density at radius 2 is 1.88 bits per heavy atom. The minimum Gasteiger partial charge on any atom is -0.463 e. The molecule has 0 aliphatic carbocycles. The molecule has 276 valence electrons. The number of carbonyl (C=O) groups excluding carboxylic acids is 4. The van der Waals surface area contributed by atoms with Gasteiger partial charge >= 0.3 is 5.97 Å². The Hall–Kier alpha value is -4.40. The lowest BCUT2D eigenvalue weighted by atomic mass is 9.70. The van der Waals surface area contributed by atoms with E-state index in [0.717, 1.165) is 11.1 Å². The Bertz CT molecular complexity index is 1790. The van der Waals surface area contributed by atoms with Gasteiger partial charge in [0, 0.05) is 30.9 Å². The van der Waals surface area contributed by atoms with Crippen molar-refractivity contribution in [2.45, 2.75) is 73.8 Å². The summed E-state index contributed by atoms with van der Waals surface area (Å²) in [7, 11) is 0. The van der Waals surface area contributed by atoms with Gasteiger partial charge in [0.25, 0.3) is 0 Å². The van der Waals surface area contributed by atoms with Crippen molar-refractivity contribution in [2.24, 2.45) is 11.8 Å². The number of esters is 1. The molecule has 3 saturated heterocycles. The fourth-order valence-electron chi connectivity index (χ4n) is 7.89. The molecule has 52 heavy (non-hydrogen) atoms. The molecule has 13 nitrogen and oxygen atoms in total. The molecule has 0 radical (unpaired) electrons. The molecule has 3 amide bonds. The van der Waals surface area contributed by atoms with Crippen LogP contribution in [0, 0.1) is 11.8 Å². The van der Waals surface area contributed by atoms with Crippen LogP contribution in [0.25, 0.3) is 11.0 Å². The monoisotopic (exact) mass is 776 g/mol. The van der Waals surface area contributed by atoms with Crippen molar-refractivity contribution in [3.8, 4) is 0 Å². The number of nitrogens with zero attached hydrogens (tertiary/aromatic N) is 5. The van der Waals surface area contributed by atoms with Crippen molar-refractivity contribution < 1.29 is 33.8 Å². The molecule has 6 rings (SSSR count). The van der Waals surface area contributed by atoms with Gasteiger partial charge in [-0.1, -0.05) is 75.8 Å². The number of aliphatic hydroxyl groups excluding tert-OH is 1. The number of alkyl halides is 1. The van der Waals surface area contributed by atoms with Crippen molar-refractivity contribution in [1.82, 2.24) is 30.1 Å². The number of aromatic nitrogens is 3. The quantitative estimate of drug-likeness (QED) is 0.0852. The molecule has 0 saturated carbocycles. The molecule has 4 heterocycles. The highest BCUT2D eigenvalue weighted by molar-refractivity contribution is 9.09. The summed E-state index contributed by atoms with van der Waals surface area (Å²) >= 11 is 3.75. The van der Waals surface area contributed by atoms with Crippen molar-refractivity contribution in [2.75, 3.05) is 26.3 Å². The van der Waals surface area contributed by atoms with Gasteiger partial charge in [0.15, 0.2) is 0 Å². The second-order valence-electron chi connectivity index (χ2n) is 13.5. The number of benzene rings is 2. The number of ether oxygens (including phenoxy) is 2. The van der Waals surface area contributed by atoms with Gasteiger partial charge in [0.1, 0.15) is 30.4 Å². The van der Waals surface area contributed by atoms with E-state index in [-0.39, 0.29) is 56.0 Å². The maximum absolute atomic E-state index is 14.9. The Balaban J connectivity index is 1.31. The number of halogens is 1. The smallest absolute Gasteiger partial charge is 0.306 e. The first-order valence-corrected chi connectivity index (χ1v) is 18.7. The first-order valence-electron chi connectivity index (χ1n) is 17.8. The topological polar surface area (TPSA) is 156 Å². The van der Waals surface area contributed by atoms with Crippen LogP contribution in [0.3, 0.4) is 0 Å². The Labute approximate surface area is 311 Å². The second kappa shape index (κ2) is 16.5. The molecule has 7 atom stereocenters.